The Kier molecular flexibility index (Phi) is 4.96. The summed E-state index contributed by atoms with van der Waals surface area (Å²) in [6.07, 6.45) is -0.912. The molecule has 2 nitrogen and oxygen atoms in total. The zero-order valence-corrected chi connectivity index (χ0v) is 11.7. The minimum absolute atomic E-state index is 0.109. The minimum atomic E-state index is -4.38. The number of nitrogens with zero attached hydrogens (tertiary/aromatic N) is 1. The van der Waals surface area contributed by atoms with Crippen LogP contribution < -0.4 is 5.32 Å². The first kappa shape index (κ1) is 15.5. The summed E-state index contributed by atoms with van der Waals surface area (Å²) in [6, 6.07) is 8.09. The summed E-state index contributed by atoms with van der Waals surface area (Å²) in [7, 11) is 0. The van der Waals surface area contributed by atoms with Gasteiger partial charge in [0.05, 0.1) is 5.56 Å². The highest BCUT2D eigenvalue weighted by Crippen LogP contribution is 2.36. The Bertz CT molecular complexity index is 577. The quantitative estimate of drug-likeness (QED) is 0.833. The molecular weight excluding hydrogens is 277 g/mol. The lowest BCUT2D eigenvalue weighted by Gasteiger charge is -2.12. The first-order valence-corrected chi connectivity index (χ1v) is 6.83. The zero-order chi connectivity index (χ0) is 15.3. The van der Waals surface area contributed by atoms with Gasteiger partial charge in [0.2, 0.25) is 0 Å². The number of halogens is 3. The Hall–Kier alpha value is -1.88. The molecule has 0 aliphatic heterocycles. The smallest absolute Gasteiger partial charge is 0.313 e. The summed E-state index contributed by atoms with van der Waals surface area (Å²) >= 11 is 0. The Morgan fingerprint density at radius 1 is 1.10 bits per heavy atom. The van der Waals surface area contributed by atoms with Crippen LogP contribution in [0.25, 0.3) is 11.1 Å². The van der Waals surface area contributed by atoms with Crippen molar-refractivity contribution >= 4 is 0 Å². The fraction of sp³-hybridized carbons (Fsp3) is 0.312. The number of nitrogens with one attached hydrogen (secondary N) is 1. The highest BCUT2D eigenvalue weighted by Gasteiger charge is 2.33. The third-order valence-corrected chi connectivity index (χ3v) is 3.15. The molecule has 5 heteroatoms. The van der Waals surface area contributed by atoms with E-state index in [0.29, 0.717) is 12.1 Å². The third-order valence-electron chi connectivity index (χ3n) is 3.15. The Morgan fingerprint density at radius 3 is 2.43 bits per heavy atom. The molecule has 0 radical (unpaired) electrons. The number of aromatic nitrogens is 1. The fourth-order valence-electron chi connectivity index (χ4n) is 2.08. The molecule has 0 saturated carbocycles. The van der Waals surface area contributed by atoms with E-state index in [1.807, 2.05) is 12.1 Å². The summed E-state index contributed by atoms with van der Waals surface area (Å²) in [4.78, 5) is 3.81. The molecule has 0 spiro atoms. The Balaban J connectivity index is 2.23. The van der Waals surface area contributed by atoms with Gasteiger partial charge in [-0.3, -0.25) is 4.98 Å². The highest BCUT2D eigenvalue weighted by molar-refractivity contribution is 5.67. The standard InChI is InChI=1S/C16H17F3N2/c1-2-8-20-10-12-3-5-13(6-4-12)14-11-21-9-7-15(14)16(17,18)19/h3-7,9,11,20H,2,8,10H2,1H3. The van der Waals surface area contributed by atoms with Gasteiger partial charge in [-0.05, 0) is 30.2 Å². The SMILES string of the molecule is CCCNCc1ccc(-c2cnccc2C(F)(F)F)cc1. The van der Waals surface area contributed by atoms with Crippen LogP contribution in [0.15, 0.2) is 42.7 Å². The number of benzene rings is 1. The van der Waals surface area contributed by atoms with Crippen molar-refractivity contribution in [2.75, 3.05) is 6.54 Å². The van der Waals surface area contributed by atoms with E-state index in [-0.39, 0.29) is 5.56 Å². The van der Waals surface area contributed by atoms with E-state index in [2.05, 4.69) is 17.2 Å². The lowest BCUT2D eigenvalue weighted by Crippen LogP contribution is -2.13. The third kappa shape index (κ3) is 4.04. The predicted molar refractivity (Wildman–Crippen MR) is 76.7 cm³/mol. The Morgan fingerprint density at radius 2 is 1.81 bits per heavy atom. The Labute approximate surface area is 122 Å². The van der Waals surface area contributed by atoms with Gasteiger partial charge in [0.15, 0.2) is 0 Å². The topological polar surface area (TPSA) is 24.9 Å². The van der Waals surface area contributed by atoms with Crippen LogP contribution in [0.2, 0.25) is 0 Å². The number of hydrogen-bond donors (Lipinski definition) is 1. The molecule has 0 fully saturated rings. The molecule has 1 heterocycles. The second kappa shape index (κ2) is 6.72. The lowest BCUT2D eigenvalue weighted by molar-refractivity contribution is -0.137. The summed E-state index contributed by atoms with van der Waals surface area (Å²) in [5.74, 6) is 0. The van der Waals surface area contributed by atoms with Gasteiger partial charge in [-0.25, -0.2) is 0 Å². The van der Waals surface area contributed by atoms with Crippen LogP contribution >= 0.6 is 0 Å². The van der Waals surface area contributed by atoms with Crippen LogP contribution in [0.4, 0.5) is 13.2 Å². The molecule has 0 bridgehead atoms. The maximum absolute atomic E-state index is 13.0. The van der Waals surface area contributed by atoms with Gasteiger partial charge in [0.1, 0.15) is 0 Å². The molecule has 1 aromatic heterocycles. The van der Waals surface area contributed by atoms with E-state index in [0.717, 1.165) is 30.8 Å². The lowest BCUT2D eigenvalue weighted by atomic mass is 10.0. The summed E-state index contributed by atoms with van der Waals surface area (Å²) < 4.78 is 38.9. The van der Waals surface area contributed by atoms with Crippen molar-refractivity contribution in [3.05, 3.63) is 53.9 Å². The van der Waals surface area contributed by atoms with Crippen LogP contribution in [-0.2, 0) is 12.7 Å². The van der Waals surface area contributed by atoms with Crippen LogP contribution in [0.5, 0.6) is 0 Å². The van der Waals surface area contributed by atoms with Crippen LogP contribution in [-0.4, -0.2) is 11.5 Å². The molecule has 1 N–H and O–H groups in total. The second-order valence-electron chi connectivity index (χ2n) is 4.79. The van der Waals surface area contributed by atoms with Gasteiger partial charge < -0.3 is 5.32 Å². The van der Waals surface area contributed by atoms with Gasteiger partial charge in [-0.1, -0.05) is 31.2 Å². The monoisotopic (exact) mass is 294 g/mol. The van der Waals surface area contributed by atoms with Crippen molar-refractivity contribution in [3.8, 4) is 11.1 Å². The number of rotatable bonds is 5. The van der Waals surface area contributed by atoms with Gasteiger partial charge in [-0.15, -0.1) is 0 Å². The second-order valence-corrected chi connectivity index (χ2v) is 4.79. The summed E-state index contributed by atoms with van der Waals surface area (Å²) in [5, 5.41) is 3.25. The summed E-state index contributed by atoms with van der Waals surface area (Å²) in [6.45, 7) is 3.72. The van der Waals surface area contributed by atoms with Crippen LogP contribution in [0, 0.1) is 0 Å². The van der Waals surface area contributed by atoms with E-state index < -0.39 is 11.7 Å². The normalized spacial score (nSPS) is 11.6. The van der Waals surface area contributed by atoms with E-state index >= 15 is 0 Å². The molecular formula is C16H17F3N2. The average molecular weight is 294 g/mol. The van der Waals surface area contributed by atoms with Gasteiger partial charge >= 0.3 is 6.18 Å². The molecule has 1 aromatic carbocycles. The fourth-order valence-corrected chi connectivity index (χ4v) is 2.08. The van der Waals surface area contributed by atoms with Crippen molar-refractivity contribution in [2.45, 2.75) is 26.1 Å². The van der Waals surface area contributed by atoms with Crippen LogP contribution in [0.1, 0.15) is 24.5 Å². The minimum Gasteiger partial charge on any atom is -0.313 e. The van der Waals surface area contributed by atoms with E-state index in [1.165, 1.54) is 6.20 Å². The molecule has 0 unspecified atom stereocenters. The van der Waals surface area contributed by atoms with Gasteiger partial charge in [-0.2, -0.15) is 13.2 Å². The first-order chi connectivity index (χ1) is 10.0. The molecule has 0 atom stereocenters. The van der Waals surface area contributed by atoms with E-state index in [9.17, 15) is 13.2 Å². The van der Waals surface area contributed by atoms with Crippen molar-refractivity contribution in [3.63, 3.8) is 0 Å². The molecule has 21 heavy (non-hydrogen) atoms. The average Bonchev–Trinajstić information content (AvgIpc) is 2.47. The highest BCUT2D eigenvalue weighted by atomic mass is 19.4. The largest absolute Gasteiger partial charge is 0.417 e. The van der Waals surface area contributed by atoms with Crippen molar-refractivity contribution < 1.29 is 13.2 Å². The molecule has 2 rings (SSSR count). The maximum Gasteiger partial charge on any atom is 0.417 e. The molecule has 0 aliphatic carbocycles. The number of pyridine rings is 1. The molecule has 0 aliphatic rings. The molecule has 0 saturated heterocycles. The molecule has 2 aromatic rings. The van der Waals surface area contributed by atoms with Crippen molar-refractivity contribution in [1.82, 2.24) is 10.3 Å². The van der Waals surface area contributed by atoms with Crippen molar-refractivity contribution in [1.29, 1.82) is 0 Å². The predicted octanol–water partition coefficient (Wildman–Crippen LogP) is 4.27. The van der Waals surface area contributed by atoms with E-state index in [4.69, 9.17) is 0 Å². The number of hydrogen-bond acceptors (Lipinski definition) is 2. The van der Waals surface area contributed by atoms with Crippen LogP contribution in [0.3, 0.4) is 0 Å². The van der Waals surface area contributed by atoms with E-state index in [1.54, 1.807) is 12.1 Å². The zero-order valence-electron chi connectivity index (χ0n) is 11.7. The number of alkyl halides is 3. The van der Waals surface area contributed by atoms with Crippen molar-refractivity contribution in [2.24, 2.45) is 0 Å². The summed E-state index contributed by atoms with van der Waals surface area (Å²) in [5.41, 5.74) is 1.02. The maximum atomic E-state index is 13.0. The van der Waals surface area contributed by atoms with Gasteiger partial charge in [0.25, 0.3) is 0 Å². The van der Waals surface area contributed by atoms with Gasteiger partial charge in [0, 0.05) is 24.5 Å². The first-order valence-electron chi connectivity index (χ1n) is 6.83. The molecule has 112 valence electrons. The molecule has 0 amide bonds.